The number of carbonyl (C=O) groups is 1. The lowest BCUT2D eigenvalue weighted by Crippen LogP contribution is -2.26. The summed E-state index contributed by atoms with van der Waals surface area (Å²) >= 11 is 3.80. The quantitative estimate of drug-likeness (QED) is 0.859. The van der Waals surface area contributed by atoms with Gasteiger partial charge in [-0.1, -0.05) is 6.07 Å². The molecule has 4 nitrogen and oxygen atoms in total. The Labute approximate surface area is 111 Å². The zero-order valence-corrected chi connectivity index (χ0v) is 11.4. The van der Waals surface area contributed by atoms with Crippen molar-refractivity contribution < 1.29 is 4.79 Å². The lowest BCUT2D eigenvalue weighted by molar-refractivity contribution is -0.122. The van der Waals surface area contributed by atoms with E-state index in [2.05, 4.69) is 33.0 Å². The molecule has 0 bridgehead atoms. The van der Waals surface area contributed by atoms with Crippen molar-refractivity contribution in [2.24, 2.45) is 0 Å². The fourth-order valence-corrected chi connectivity index (χ4v) is 2.32. The minimum Gasteiger partial charge on any atom is -0.350 e. The Hall–Kier alpha value is -0.890. The fraction of sp³-hybridized carbons (Fsp3) is 0.200. The molecule has 0 spiro atoms. The van der Waals surface area contributed by atoms with Gasteiger partial charge in [0.25, 0.3) is 0 Å². The van der Waals surface area contributed by atoms with Crippen LogP contribution in [0.1, 0.15) is 4.88 Å². The third kappa shape index (κ3) is 3.31. The average Bonchev–Trinajstić information content (AvgIpc) is 2.87. The predicted molar refractivity (Wildman–Crippen MR) is 71.1 cm³/mol. The van der Waals surface area contributed by atoms with Crippen molar-refractivity contribution in [2.75, 3.05) is 0 Å². The zero-order valence-electron chi connectivity index (χ0n) is 8.39. The van der Waals surface area contributed by atoms with Gasteiger partial charge in [-0.05, 0) is 34.0 Å². The minimum absolute atomic E-state index is 0.0205. The first-order valence-electron chi connectivity index (χ1n) is 4.71. The summed E-state index contributed by atoms with van der Waals surface area (Å²) in [7, 11) is 0. The van der Waals surface area contributed by atoms with Crippen LogP contribution >= 0.6 is 33.9 Å². The monoisotopic (exact) mass is 347 g/mol. The second-order valence-electron chi connectivity index (χ2n) is 3.21. The molecule has 2 heterocycles. The summed E-state index contributed by atoms with van der Waals surface area (Å²) < 4.78 is 2.66. The molecule has 0 saturated carbocycles. The Morgan fingerprint density at radius 3 is 3.12 bits per heavy atom. The molecule has 16 heavy (non-hydrogen) atoms. The number of aromatic nitrogens is 2. The van der Waals surface area contributed by atoms with Crippen LogP contribution in [0.5, 0.6) is 0 Å². The van der Waals surface area contributed by atoms with Crippen molar-refractivity contribution in [1.82, 2.24) is 15.1 Å². The summed E-state index contributed by atoms with van der Waals surface area (Å²) in [5.74, 6) is -0.0205. The van der Waals surface area contributed by atoms with E-state index in [0.29, 0.717) is 6.54 Å². The van der Waals surface area contributed by atoms with Gasteiger partial charge in [0.05, 0.1) is 16.3 Å². The highest BCUT2D eigenvalue weighted by molar-refractivity contribution is 14.1. The van der Waals surface area contributed by atoms with Gasteiger partial charge in [0.2, 0.25) is 5.91 Å². The number of hydrogen-bond acceptors (Lipinski definition) is 3. The number of rotatable bonds is 4. The molecular weight excluding hydrogens is 337 g/mol. The maximum absolute atomic E-state index is 11.5. The Kier molecular flexibility index (Phi) is 3.94. The van der Waals surface area contributed by atoms with E-state index in [-0.39, 0.29) is 12.5 Å². The van der Waals surface area contributed by atoms with Crippen LogP contribution < -0.4 is 5.32 Å². The molecule has 6 heteroatoms. The molecule has 0 aliphatic heterocycles. The highest BCUT2D eigenvalue weighted by atomic mass is 127. The van der Waals surface area contributed by atoms with E-state index in [9.17, 15) is 4.79 Å². The van der Waals surface area contributed by atoms with Gasteiger partial charge in [-0.25, -0.2) is 0 Å². The van der Waals surface area contributed by atoms with Gasteiger partial charge in [-0.2, -0.15) is 5.10 Å². The lowest BCUT2D eigenvalue weighted by atomic mass is 10.4. The fourth-order valence-electron chi connectivity index (χ4n) is 1.23. The molecule has 2 aromatic rings. The summed E-state index contributed by atoms with van der Waals surface area (Å²) in [5.41, 5.74) is 0. The van der Waals surface area contributed by atoms with E-state index >= 15 is 0 Å². The molecule has 0 atom stereocenters. The maximum Gasteiger partial charge on any atom is 0.242 e. The van der Waals surface area contributed by atoms with Crippen LogP contribution in [0.2, 0.25) is 0 Å². The third-order valence-corrected chi connectivity index (χ3v) is 3.38. The van der Waals surface area contributed by atoms with Crippen molar-refractivity contribution >= 4 is 39.8 Å². The molecule has 2 aromatic heterocycles. The van der Waals surface area contributed by atoms with Crippen LogP contribution in [0.3, 0.4) is 0 Å². The predicted octanol–water partition coefficient (Wildman–Crippen LogP) is 1.87. The van der Waals surface area contributed by atoms with Gasteiger partial charge < -0.3 is 5.32 Å². The smallest absolute Gasteiger partial charge is 0.242 e. The molecule has 0 fully saturated rings. The topological polar surface area (TPSA) is 46.9 Å². The second-order valence-corrected chi connectivity index (χ2v) is 5.49. The molecule has 0 saturated heterocycles. The van der Waals surface area contributed by atoms with Crippen molar-refractivity contribution in [2.45, 2.75) is 13.1 Å². The SMILES string of the molecule is O=C(Cn1cc(I)cn1)NCc1cccs1. The molecule has 2 rings (SSSR count). The minimum atomic E-state index is -0.0205. The Bertz CT molecular complexity index is 466. The maximum atomic E-state index is 11.5. The number of amides is 1. The van der Waals surface area contributed by atoms with Crippen LogP contribution in [0.15, 0.2) is 29.9 Å². The van der Waals surface area contributed by atoms with Crippen LogP contribution in [0.25, 0.3) is 0 Å². The first-order chi connectivity index (χ1) is 7.74. The normalized spacial score (nSPS) is 10.3. The summed E-state index contributed by atoms with van der Waals surface area (Å²) in [6, 6.07) is 3.98. The summed E-state index contributed by atoms with van der Waals surface area (Å²) in [6.45, 7) is 0.864. The molecule has 0 radical (unpaired) electrons. The number of thiophene rings is 1. The number of nitrogens with zero attached hydrogens (tertiary/aromatic N) is 2. The van der Waals surface area contributed by atoms with Crippen LogP contribution in [0.4, 0.5) is 0 Å². The van der Waals surface area contributed by atoms with E-state index in [4.69, 9.17) is 0 Å². The van der Waals surface area contributed by atoms with E-state index in [1.54, 1.807) is 22.2 Å². The van der Waals surface area contributed by atoms with Gasteiger partial charge in [0.1, 0.15) is 6.54 Å². The highest BCUT2D eigenvalue weighted by Gasteiger charge is 2.03. The van der Waals surface area contributed by atoms with Crippen molar-refractivity contribution in [3.63, 3.8) is 0 Å². The van der Waals surface area contributed by atoms with E-state index in [1.165, 1.54) is 0 Å². The van der Waals surface area contributed by atoms with E-state index < -0.39 is 0 Å². The Morgan fingerprint density at radius 2 is 2.50 bits per heavy atom. The Morgan fingerprint density at radius 1 is 1.62 bits per heavy atom. The Balaban J connectivity index is 1.81. The zero-order chi connectivity index (χ0) is 11.4. The van der Waals surface area contributed by atoms with E-state index in [1.807, 2.05) is 23.7 Å². The average molecular weight is 347 g/mol. The molecule has 0 aliphatic carbocycles. The third-order valence-electron chi connectivity index (χ3n) is 1.95. The first kappa shape index (κ1) is 11.6. The second kappa shape index (κ2) is 5.44. The summed E-state index contributed by atoms with van der Waals surface area (Å²) in [4.78, 5) is 12.7. The molecule has 0 aliphatic rings. The molecule has 0 aromatic carbocycles. The molecule has 0 unspecified atom stereocenters. The summed E-state index contributed by atoms with van der Waals surface area (Å²) in [6.07, 6.45) is 3.57. The molecule has 1 N–H and O–H groups in total. The standard InChI is InChI=1S/C10H10IN3OS/c11-8-4-13-14(6-8)7-10(15)12-5-9-2-1-3-16-9/h1-4,6H,5,7H2,(H,12,15). The molecular formula is C10H10IN3OS. The highest BCUT2D eigenvalue weighted by Crippen LogP contribution is 2.07. The van der Waals surface area contributed by atoms with E-state index in [0.717, 1.165) is 8.45 Å². The van der Waals surface area contributed by atoms with Crippen LogP contribution in [-0.4, -0.2) is 15.7 Å². The van der Waals surface area contributed by atoms with Crippen LogP contribution in [0, 0.1) is 3.57 Å². The molecule has 84 valence electrons. The van der Waals surface area contributed by atoms with Gasteiger partial charge in [0.15, 0.2) is 0 Å². The summed E-state index contributed by atoms with van der Waals surface area (Å²) in [5, 5.41) is 8.90. The van der Waals surface area contributed by atoms with Crippen molar-refractivity contribution in [3.05, 3.63) is 38.4 Å². The van der Waals surface area contributed by atoms with Gasteiger partial charge in [-0.3, -0.25) is 9.48 Å². The number of carbonyl (C=O) groups excluding carboxylic acids is 1. The van der Waals surface area contributed by atoms with Gasteiger partial charge in [0, 0.05) is 11.1 Å². The van der Waals surface area contributed by atoms with Crippen molar-refractivity contribution in [3.8, 4) is 0 Å². The lowest BCUT2D eigenvalue weighted by Gasteiger charge is -2.03. The van der Waals surface area contributed by atoms with Crippen molar-refractivity contribution in [1.29, 1.82) is 0 Å². The molecule has 1 amide bonds. The first-order valence-corrected chi connectivity index (χ1v) is 6.67. The largest absolute Gasteiger partial charge is 0.350 e. The van der Waals surface area contributed by atoms with Crippen LogP contribution in [-0.2, 0) is 17.9 Å². The number of hydrogen-bond donors (Lipinski definition) is 1. The number of nitrogens with one attached hydrogen (secondary N) is 1. The number of halogens is 1. The van der Waals surface area contributed by atoms with Gasteiger partial charge in [-0.15, -0.1) is 11.3 Å². The van der Waals surface area contributed by atoms with Gasteiger partial charge >= 0.3 is 0 Å².